The second-order valence-corrected chi connectivity index (χ2v) is 6.58. The van der Waals surface area contributed by atoms with Crippen molar-refractivity contribution in [3.8, 4) is 0 Å². The van der Waals surface area contributed by atoms with Gasteiger partial charge in [0, 0.05) is 30.5 Å². The maximum Gasteiger partial charge on any atom is 0.232 e. The smallest absolute Gasteiger partial charge is 0.232 e. The monoisotopic (exact) mass is 335 g/mol. The number of likely N-dealkylation sites (tertiary alicyclic amines) is 1. The lowest BCUT2D eigenvalue weighted by atomic mass is 10.1. The van der Waals surface area contributed by atoms with Crippen LogP contribution in [0.15, 0.2) is 22.7 Å². The lowest BCUT2D eigenvalue weighted by molar-refractivity contribution is -0.128. The summed E-state index contributed by atoms with van der Waals surface area (Å²) in [7, 11) is 0. The van der Waals surface area contributed by atoms with E-state index >= 15 is 0 Å². The summed E-state index contributed by atoms with van der Waals surface area (Å²) >= 11 is 6.04. The summed E-state index contributed by atoms with van der Waals surface area (Å²) in [5.41, 5.74) is 0.728. The minimum atomic E-state index is -0.386. The molecule has 0 radical (unpaired) electrons. The third kappa shape index (κ3) is 2.95. The van der Waals surface area contributed by atoms with E-state index in [-0.39, 0.29) is 17.6 Å². The first kappa shape index (κ1) is 14.6. The molecule has 0 spiro atoms. The Kier molecular flexibility index (Phi) is 3.56. The summed E-state index contributed by atoms with van der Waals surface area (Å²) in [6, 6.07) is 4.21. The normalized spacial score (nSPS) is 21.2. The standard InChI is InChI=1S/C16H15ClFN3O2/c17-13-6-12(18)4-3-10(13)7-21-8-11(5-14(21)22)16-19-15(20-23-16)9-1-2-9/h3-4,6,9,11H,1-2,5,7-8H2. The number of hydrogen-bond donors (Lipinski definition) is 0. The molecule has 0 N–H and O–H groups in total. The van der Waals surface area contributed by atoms with Crippen molar-refractivity contribution in [2.24, 2.45) is 0 Å². The number of hydrogen-bond acceptors (Lipinski definition) is 4. The zero-order chi connectivity index (χ0) is 16.0. The van der Waals surface area contributed by atoms with Gasteiger partial charge >= 0.3 is 0 Å². The van der Waals surface area contributed by atoms with Gasteiger partial charge in [0.1, 0.15) is 5.82 Å². The second-order valence-electron chi connectivity index (χ2n) is 6.18. The minimum Gasteiger partial charge on any atom is -0.339 e. The summed E-state index contributed by atoms with van der Waals surface area (Å²) in [6.45, 7) is 0.872. The van der Waals surface area contributed by atoms with E-state index in [1.807, 2.05) is 0 Å². The zero-order valence-corrected chi connectivity index (χ0v) is 13.1. The summed E-state index contributed by atoms with van der Waals surface area (Å²) in [5.74, 6) is 1.27. The molecule has 2 heterocycles. The van der Waals surface area contributed by atoms with E-state index in [1.54, 1.807) is 11.0 Å². The van der Waals surface area contributed by atoms with Gasteiger partial charge in [-0.2, -0.15) is 4.98 Å². The van der Waals surface area contributed by atoms with Crippen LogP contribution in [0.3, 0.4) is 0 Å². The van der Waals surface area contributed by atoms with Crippen LogP contribution in [0.1, 0.15) is 48.4 Å². The van der Waals surface area contributed by atoms with Crippen LogP contribution in [-0.4, -0.2) is 27.5 Å². The number of amides is 1. The average molecular weight is 336 g/mol. The molecule has 1 aliphatic heterocycles. The van der Waals surface area contributed by atoms with Crippen LogP contribution in [0.4, 0.5) is 4.39 Å². The highest BCUT2D eigenvalue weighted by Gasteiger charge is 2.36. The van der Waals surface area contributed by atoms with Gasteiger partial charge in [0.15, 0.2) is 5.82 Å². The van der Waals surface area contributed by atoms with Gasteiger partial charge < -0.3 is 9.42 Å². The zero-order valence-electron chi connectivity index (χ0n) is 12.3. The molecule has 5 nitrogen and oxygen atoms in total. The SMILES string of the molecule is O=C1CC(c2nc(C3CC3)no2)CN1Cc1ccc(F)cc1Cl. The molecule has 1 aromatic heterocycles. The van der Waals surface area contributed by atoms with Gasteiger partial charge in [0.2, 0.25) is 11.8 Å². The van der Waals surface area contributed by atoms with Crippen LogP contribution in [0, 0.1) is 5.82 Å². The maximum atomic E-state index is 13.1. The molecule has 1 saturated heterocycles. The fourth-order valence-electron chi connectivity index (χ4n) is 2.87. The van der Waals surface area contributed by atoms with E-state index in [2.05, 4.69) is 10.1 Å². The fourth-order valence-corrected chi connectivity index (χ4v) is 3.09. The van der Waals surface area contributed by atoms with Gasteiger partial charge in [-0.1, -0.05) is 22.8 Å². The minimum absolute atomic E-state index is 0.0153. The largest absolute Gasteiger partial charge is 0.339 e. The lowest BCUT2D eigenvalue weighted by Gasteiger charge is -2.17. The van der Waals surface area contributed by atoms with Gasteiger partial charge in [0.05, 0.1) is 5.92 Å². The van der Waals surface area contributed by atoms with E-state index in [1.165, 1.54) is 12.1 Å². The van der Waals surface area contributed by atoms with Crippen molar-refractivity contribution < 1.29 is 13.7 Å². The van der Waals surface area contributed by atoms with Crippen molar-refractivity contribution in [1.82, 2.24) is 15.0 Å². The van der Waals surface area contributed by atoms with Crippen LogP contribution in [0.25, 0.3) is 0 Å². The van der Waals surface area contributed by atoms with Crippen LogP contribution < -0.4 is 0 Å². The molecule has 1 aliphatic carbocycles. The number of aromatic nitrogens is 2. The highest BCUT2D eigenvalue weighted by atomic mass is 35.5. The summed E-state index contributed by atoms with van der Waals surface area (Å²) in [4.78, 5) is 18.3. The number of benzene rings is 1. The first-order chi connectivity index (χ1) is 11.1. The second kappa shape index (κ2) is 5.60. The molecule has 1 unspecified atom stereocenters. The molecule has 1 aromatic carbocycles. The Morgan fingerprint density at radius 3 is 2.91 bits per heavy atom. The van der Waals surface area contributed by atoms with Crippen LogP contribution >= 0.6 is 11.6 Å². The van der Waals surface area contributed by atoms with Gasteiger partial charge in [-0.15, -0.1) is 0 Å². The molecule has 7 heteroatoms. The molecule has 120 valence electrons. The maximum absolute atomic E-state index is 13.1. The van der Waals surface area contributed by atoms with Crippen LogP contribution in [0.5, 0.6) is 0 Å². The van der Waals surface area contributed by atoms with Crippen molar-refractivity contribution >= 4 is 17.5 Å². The number of nitrogens with zero attached hydrogens (tertiary/aromatic N) is 3. The van der Waals surface area contributed by atoms with Crippen molar-refractivity contribution in [3.05, 3.63) is 46.3 Å². The molecule has 2 fully saturated rings. The fraction of sp³-hybridized carbons (Fsp3) is 0.438. The van der Waals surface area contributed by atoms with Gasteiger partial charge in [-0.3, -0.25) is 4.79 Å². The number of carbonyl (C=O) groups is 1. The van der Waals surface area contributed by atoms with Crippen LogP contribution in [0.2, 0.25) is 5.02 Å². The predicted molar refractivity (Wildman–Crippen MR) is 80.5 cm³/mol. The Morgan fingerprint density at radius 1 is 1.35 bits per heavy atom. The van der Waals surface area contributed by atoms with Gasteiger partial charge in [-0.25, -0.2) is 4.39 Å². The number of rotatable bonds is 4. The third-order valence-electron chi connectivity index (χ3n) is 4.34. The Labute approximate surface area is 137 Å². The molecule has 23 heavy (non-hydrogen) atoms. The topological polar surface area (TPSA) is 59.2 Å². The molecule has 1 atom stereocenters. The van der Waals surface area contributed by atoms with Crippen LogP contribution in [-0.2, 0) is 11.3 Å². The first-order valence-corrected chi connectivity index (χ1v) is 8.03. The summed E-state index contributed by atoms with van der Waals surface area (Å²) < 4.78 is 18.4. The lowest BCUT2D eigenvalue weighted by Crippen LogP contribution is -2.24. The molecule has 0 bridgehead atoms. The highest BCUT2D eigenvalue weighted by Crippen LogP contribution is 2.39. The van der Waals surface area contributed by atoms with Gasteiger partial charge in [0.25, 0.3) is 0 Å². The molecule has 2 aromatic rings. The van der Waals surface area contributed by atoms with Crippen molar-refractivity contribution in [2.75, 3.05) is 6.54 Å². The first-order valence-electron chi connectivity index (χ1n) is 7.65. The molecular weight excluding hydrogens is 321 g/mol. The van der Waals surface area contributed by atoms with Crippen molar-refractivity contribution in [1.29, 1.82) is 0 Å². The Hall–Kier alpha value is -1.95. The quantitative estimate of drug-likeness (QED) is 0.860. The predicted octanol–water partition coefficient (Wildman–Crippen LogP) is 3.26. The number of carbonyl (C=O) groups excluding carboxylic acids is 1. The third-order valence-corrected chi connectivity index (χ3v) is 4.69. The van der Waals surface area contributed by atoms with E-state index in [0.717, 1.165) is 24.2 Å². The van der Waals surface area contributed by atoms with Crippen molar-refractivity contribution in [2.45, 2.75) is 37.6 Å². The summed E-state index contributed by atoms with van der Waals surface area (Å²) in [5, 5.41) is 4.33. The van der Waals surface area contributed by atoms with Gasteiger partial charge in [-0.05, 0) is 30.5 Å². The molecule has 4 rings (SSSR count). The molecule has 1 saturated carbocycles. The number of halogens is 2. The van der Waals surface area contributed by atoms with E-state index < -0.39 is 0 Å². The van der Waals surface area contributed by atoms with Crippen molar-refractivity contribution in [3.63, 3.8) is 0 Å². The van der Waals surface area contributed by atoms with E-state index in [4.69, 9.17) is 16.1 Å². The Morgan fingerprint density at radius 2 is 2.17 bits per heavy atom. The molecule has 1 amide bonds. The molecular formula is C16H15ClFN3O2. The van der Waals surface area contributed by atoms with E-state index in [0.29, 0.717) is 36.3 Å². The highest BCUT2D eigenvalue weighted by molar-refractivity contribution is 6.31. The Balaban J connectivity index is 1.47. The summed E-state index contributed by atoms with van der Waals surface area (Å²) in [6.07, 6.45) is 2.57. The molecule has 2 aliphatic rings. The van der Waals surface area contributed by atoms with E-state index in [9.17, 15) is 9.18 Å². The Bertz CT molecular complexity index is 760. The average Bonchev–Trinajstić information content (AvgIpc) is 3.13.